The average molecular weight is 275 g/mol. The largest absolute Gasteiger partial charge is 0.351 e. The van der Waals surface area contributed by atoms with E-state index in [1.54, 1.807) is 6.08 Å². The molecule has 18 heavy (non-hydrogen) atoms. The van der Waals surface area contributed by atoms with Crippen molar-refractivity contribution in [3.63, 3.8) is 0 Å². The van der Waals surface area contributed by atoms with Crippen molar-refractivity contribution in [1.82, 2.24) is 5.32 Å². The first-order valence-corrected chi connectivity index (χ1v) is 7.37. The lowest BCUT2D eigenvalue weighted by Gasteiger charge is -2.38. The maximum Gasteiger partial charge on any atom is 0.274 e. The van der Waals surface area contributed by atoms with E-state index in [4.69, 9.17) is 0 Å². The van der Waals surface area contributed by atoms with Gasteiger partial charge in [-0.25, -0.2) is 0 Å². The van der Waals surface area contributed by atoms with Crippen LogP contribution < -0.4 is 5.32 Å². The number of carbonyl (C=O) groups excluding carboxylic acids is 1. The first-order chi connectivity index (χ1) is 7.98. The second-order valence-corrected chi connectivity index (χ2v) is 7.58. The van der Waals surface area contributed by atoms with Gasteiger partial charge >= 0.3 is 0 Å². The molecular formula is C12H21NO4S. The Morgan fingerprint density at radius 1 is 1.50 bits per heavy atom. The van der Waals surface area contributed by atoms with Crippen LogP contribution in [-0.2, 0) is 14.9 Å². The lowest BCUT2D eigenvalue weighted by molar-refractivity contribution is -0.121. The number of nitrogens with one attached hydrogen (secondary N) is 1. The Bertz CT molecular complexity index is 466. The summed E-state index contributed by atoms with van der Waals surface area (Å²) < 4.78 is 30.5. The predicted octanol–water partition coefficient (Wildman–Crippen LogP) is 1.51. The highest BCUT2D eigenvalue weighted by molar-refractivity contribution is 7.87. The van der Waals surface area contributed by atoms with Gasteiger partial charge in [0, 0.05) is 12.5 Å². The van der Waals surface area contributed by atoms with Gasteiger partial charge in [0.25, 0.3) is 10.1 Å². The maximum absolute atomic E-state index is 11.3. The van der Waals surface area contributed by atoms with E-state index in [1.807, 2.05) is 13.8 Å². The molecule has 1 aliphatic carbocycles. The second-order valence-electron chi connectivity index (χ2n) is 5.69. The standard InChI is InChI=1S/C12H21NO4S/c1-9(14)13-11(2,3)10-5-7-12(4,8-6-10)18(15,16)17/h5,7,10H,6,8H2,1-4H3,(H,13,14)(H,15,16,17)/t10-,12-/m0/s1. The smallest absolute Gasteiger partial charge is 0.274 e. The molecular weight excluding hydrogens is 254 g/mol. The van der Waals surface area contributed by atoms with E-state index in [0.29, 0.717) is 12.8 Å². The van der Waals surface area contributed by atoms with Crippen LogP contribution >= 0.6 is 0 Å². The molecule has 1 aliphatic rings. The van der Waals surface area contributed by atoms with Crippen molar-refractivity contribution in [2.24, 2.45) is 5.92 Å². The molecule has 0 fully saturated rings. The van der Waals surface area contributed by atoms with Crippen LogP contribution in [-0.4, -0.2) is 29.2 Å². The summed E-state index contributed by atoms with van der Waals surface area (Å²) in [7, 11) is -4.09. The zero-order chi connectivity index (χ0) is 14.2. The van der Waals surface area contributed by atoms with E-state index in [9.17, 15) is 17.8 Å². The predicted molar refractivity (Wildman–Crippen MR) is 69.7 cm³/mol. The zero-order valence-electron chi connectivity index (χ0n) is 11.2. The summed E-state index contributed by atoms with van der Waals surface area (Å²) in [5.41, 5.74) is -0.428. The summed E-state index contributed by atoms with van der Waals surface area (Å²) in [6.45, 7) is 6.76. The minimum absolute atomic E-state index is 0.0521. The van der Waals surface area contributed by atoms with E-state index >= 15 is 0 Å². The first-order valence-electron chi connectivity index (χ1n) is 5.93. The highest BCUT2D eigenvalue weighted by Gasteiger charge is 2.41. The molecule has 104 valence electrons. The van der Waals surface area contributed by atoms with Gasteiger partial charge in [0.2, 0.25) is 5.91 Å². The lowest BCUT2D eigenvalue weighted by atomic mass is 9.78. The Kier molecular flexibility index (Phi) is 3.93. The Hall–Kier alpha value is -0.880. The quantitative estimate of drug-likeness (QED) is 0.604. The van der Waals surface area contributed by atoms with Gasteiger partial charge in [0.15, 0.2) is 0 Å². The third-order valence-electron chi connectivity index (χ3n) is 3.65. The third-order valence-corrected chi connectivity index (χ3v) is 5.17. The van der Waals surface area contributed by atoms with E-state index in [0.717, 1.165) is 0 Å². The third kappa shape index (κ3) is 3.11. The van der Waals surface area contributed by atoms with Gasteiger partial charge in [-0.1, -0.05) is 12.2 Å². The molecule has 0 aromatic carbocycles. The molecule has 0 aliphatic heterocycles. The van der Waals surface area contributed by atoms with Crippen molar-refractivity contribution in [1.29, 1.82) is 0 Å². The molecule has 0 spiro atoms. The minimum Gasteiger partial charge on any atom is -0.351 e. The van der Waals surface area contributed by atoms with Crippen LogP contribution in [0.2, 0.25) is 0 Å². The Morgan fingerprint density at radius 2 is 2.06 bits per heavy atom. The van der Waals surface area contributed by atoms with Crippen molar-refractivity contribution < 1.29 is 17.8 Å². The number of carbonyl (C=O) groups is 1. The maximum atomic E-state index is 11.3. The van der Waals surface area contributed by atoms with Gasteiger partial charge in [0.05, 0.1) is 0 Å². The van der Waals surface area contributed by atoms with Gasteiger partial charge in [-0.3, -0.25) is 9.35 Å². The molecule has 1 rings (SSSR count). The normalized spacial score (nSPS) is 29.1. The van der Waals surface area contributed by atoms with Gasteiger partial charge in [-0.15, -0.1) is 0 Å². The van der Waals surface area contributed by atoms with Crippen LogP contribution in [0, 0.1) is 5.92 Å². The average Bonchev–Trinajstić information content (AvgIpc) is 2.14. The highest BCUT2D eigenvalue weighted by atomic mass is 32.2. The van der Waals surface area contributed by atoms with Gasteiger partial charge in [0.1, 0.15) is 4.75 Å². The molecule has 0 saturated heterocycles. The van der Waals surface area contributed by atoms with Crippen molar-refractivity contribution in [2.75, 3.05) is 0 Å². The lowest BCUT2D eigenvalue weighted by Crippen LogP contribution is -2.49. The Balaban J connectivity index is 2.90. The monoisotopic (exact) mass is 275 g/mol. The molecule has 0 unspecified atom stereocenters. The number of hydrogen-bond donors (Lipinski definition) is 2. The van der Waals surface area contributed by atoms with Gasteiger partial charge in [-0.2, -0.15) is 8.42 Å². The Labute approximate surface area is 108 Å². The second kappa shape index (κ2) is 4.66. The molecule has 2 N–H and O–H groups in total. The minimum atomic E-state index is -4.09. The van der Waals surface area contributed by atoms with Crippen molar-refractivity contribution >= 4 is 16.0 Å². The molecule has 0 radical (unpaired) electrons. The Morgan fingerprint density at radius 3 is 2.39 bits per heavy atom. The number of rotatable bonds is 3. The summed E-state index contributed by atoms with van der Waals surface area (Å²) in [5.74, 6) is -0.0623. The summed E-state index contributed by atoms with van der Waals surface area (Å²) in [5, 5.41) is 2.85. The SMILES string of the molecule is CC(=O)NC(C)(C)[C@H]1C=C[C@](C)(S(=O)(=O)O)CC1. The molecule has 2 atom stereocenters. The summed E-state index contributed by atoms with van der Waals surface area (Å²) in [4.78, 5) is 11.1. The van der Waals surface area contributed by atoms with E-state index in [-0.39, 0.29) is 11.8 Å². The van der Waals surface area contributed by atoms with E-state index in [2.05, 4.69) is 5.32 Å². The fourth-order valence-electron chi connectivity index (χ4n) is 2.30. The zero-order valence-corrected chi connectivity index (χ0v) is 12.0. The van der Waals surface area contributed by atoms with Crippen molar-refractivity contribution in [3.8, 4) is 0 Å². The number of amides is 1. The highest BCUT2D eigenvalue weighted by Crippen LogP contribution is 2.36. The van der Waals surface area contributed by atoms with Crippen LogP contribution in [0.3, 0.4) is 0 Å². The molecule has 1 amide bonds. The van der Waals surface area contributed by atoms with Gasteiger partial charge < -0.3 is 5.32 Å². The van der Waals surface area contributed by atoms with Crippen LogP contribution in [0.4, 0.5) is 0 Å². The van der Waals surface area contributed by atoms with E-state index in [1.165, 1.54) is 19.9 Å². The molecule has 0 bridgehead atoms. The van der Waals surface area contributed by atoms with Crippen LogP contribution in [0.25, 0.3) is 0 Å². The fraction of sp³-hybridized carbons (Fsp3) is 0.750. The fourth-order valence-corrected chi connectivity index (χ4v) is 2.93. The van der Waals surface area contributed by atoms with E-state index < -0.39 is 20.4 Å². The molecule has 0 aromatic heterocycles. The first kappa shape index (κ1) is 15.2. The topological polar surface area (TPSA) is 83.5 Å². The van der Waals surface area contributed by atoms with Crippen LogP contribution in [0.1, 0.15) is 40.5 Å². The summed E-state index contributed by atoms with van der Waals surface area (Å²) in [6.07, 6.45) is 4.24. The molecule has 5 nitrogen and oxygen atoms in total. The van der Waals surface area contributed by atoms with Crippen molar-refractivity contribution in [3.05, 3.63) is 12.2 Å². The van der Waals surface area contributed by atoms with Gasteiger partial charge in [-0.05, 0) is 39.5 Å². The summed E-state index contributed by atoms with van der Waals surface area (Å²) in [6, 6.07) is 0. The van der Waals surface area contributed by atoms with Crippen LogP contribution in [0.5, 0.6) is 0 Å². The van der Waals surface area contributed by atoms with Crippen molar-refractivity contribution in [2.45, 2.75) is 50.8 Å². The number of hydrogen-bond acceptors (Lipinski definition) is 3. The van der Waals surface area contributed by atoms with Crippen LogP contribution in [0.15, 0.2) is 12.2 Å². The molecule has 0 heterocycles. The molecule has 0 saturated carbocycles. The molecule has 6 heteroatoms. The molecule has 0 aromatic rings. The summed E-state index contributed by atoms with van der Waals surface area (Å²) >= 11 is 0.